The van der Waals surface area contributed by atoms with Crippen LogP contribution in [0.25, 0.3) is 0 Å². The van der Waals surface area contributed by atoms with Crippen molar-refractivity contribution in [3.63, 3.8) is 0 Å². The Hall–Kier alpha value is -1.34. The van der Waals surface area contributed by atoms with E-state index in [2.05, 4.69) is 17.5 Å². The molecule has 1 aromatic rings. The van der Waals surface area contributed by atoms with Crippen molar-refractivity contribution in [1.29, 1.82) is 5.26 Å². The van der Waals surface area contributed by atoms with Crippen molar-refractivity contribution in [2.75, 3.05) is 6.54 Å². The largest absolute Gasteiger partial charge is 0.326 e. The standard InChI is InChI=1S/C15H20N2OS/c16-10-11-17(13-5-1-2-6-13)15(18)9-3-7-14-8-4-12-19-14/h4,8,12-13H,1-3,5-7,9,11H2. The van der Waals surface area contributed by atoms with Gasteiger partial charge >= 0.3 is 0 Å². The van der Waals surface area contributed by atoms with Crippen LogP contribution in [0.5, 0.6) is 0 Å². The van der Waals surface area contributed by atoms with Gasteiger partial charge in [0.05, 0.1) is 6.07 Å². The van der Waals surface area contributed by atoms with E-state index < -0.39 is 0 Å². The fraction of sp³-hybridized carbons (Fsp3) is 0.600. The molecule has 4 heteroatoms. The Morgan fingerprint density at radius 1 is 1.47 bits per heavy atom. The number of hydrogen-bond acceptors (Lipinski definition) is 3. The molecule has 1 fully saturated rings. The third kappa shape index (κ3) is 4.07. The van der Waals surface area contributed by atoms with Crippen LogP contribution in [-0.4, -0.2) is 23.4 Å². The minimum atomic E-state index is 0.157. The van der Waals surface area contributed by atoms with Crippen molar-refractivity contribution in [3.8, 4) is 6.07 Å². The molecule has 1 saturated carbocycles. The molecular formula is C15H20N2OS. The van der Waals surface area contributed by atoms with Gasteiger partial charge in [0, 0.05) is 17.3 Å². The highest BCUT2D eigenvalue weighted by atomic mass is 32.1. The van der Waals surface area contributed by atoms with Gasteiger partial charge in [0.2, 0.25) is 5.91 Å². The number of hydrogen-bond donors (Lipinski definition) is 0. The number of rotatable bonds is 6. The molecule has 1 aliphatic rings. The first-order valence-electron chi connectivity index (χ1n) is 7.00. The number of nitriles is 1. The van der Waals surface area contributed by atoms with Crippen molar-refractivity contribution in [2.24, 2.45) is 0 Å². The Labute approximate surface area is 118 Å². The quantitative estimate of drug-likeness (QED) is 0.748. The monoisotopic (exact) mass is 276 g/mol. The molecule has 0 atom stereocenters. The van der Waals surface area contributed by atoms with E-state index in [1.807, 2.05) is 6.07 Å². The van der Waals surface area contributed by atoms with Crippen molar-refractivity contribution < 1.29 is 4.79 Å². The van der Waals surface area contributed by atoms with Gasteiger partial charge < -0.3 is 4.90 Å². The fourth-order valence-electron chi connectivity index (χ4n) is 2.73. The second-order valence-electron chi connectivity index (χ2n) is 5.05. The molecule has 0 unspecified atom stereocenters. The summed E-state index contributed by atoms with van der Waals surface area (Å²) in [5.41, 5.74) is 0. The summed E-state index contributed by atoms with van der Waals surface area (Å²) in [6, 6.07) is 6.60. The molecule has 0 N–H and O–H groups in total. The molecule has 0 aliphatic heterocycles. The summed E-state index contributed by atoms with van der Waals surface area (Å²) in [4.78, 5) is 15.4. The molecule has 3 nitrogen and oxygen atoms in total. The highest BCUT2D eigenvalue weighted by Crippen LogP contribution is 2.24. The molecule has 1 heterocycles. The molecule has 1 aliphatic carbocycles. The Bertz CT molecular complexity index is 429. The van der Waals surface area contributed by atoms with Crippen molar-refractivity contribution >= 4 is 17.2 Å². The van der Waals surface area contributed by atoms with Gasteiger partial charge in [-0.3, -0.25) is 4.79 Å². The first-order valence-corrected chi connectivity index (χ1v) is 7.88. The van der Waals surface area contributed by atoms with Crippen LogP contribution in [0.1, 0.15) is 43.4 Å². The van der Waals surface area contributed by atoms with Crippen LogP contribution in [0.3, 0.4) is 0 Å². The van der Waals surface area contributed by atoms with Gasteiger partial charge in [-0.15, -0.1) is 11.3 Å². The summed E-state index contributed by atoms with van der Waals surface area (Å²) in [5, 5.41) is 10.9. The topological polar surface area (TPSA) is 44.1 Å². The van der Waals surface area contributed by atoms with E-state index in [0.717, 1.165) is 25.7 Å². The van der Waals surface area contributed by atoms with Crippen LogP contribution in [0.2, 0.25) is 0 Å². The number of carbonyl (C=O) groups is 1. The third-order valence-corrected chi connectivity index (χ3v) is 4.66. The normalized spacial score (nSPS) is 15.3. The summed E-state index contributed by atoms with van der Waals surface area (Å²) in [5.74, 6) is 0.157. The van der Waals surface area contributed by atoms with Gasteiger partial charge in [-0.1, -0.05) is 18.9 Å². The van der Waals surface area contributed by atoms with Crippen LogP contribution < -0.4 is 0 Å². The lowest BCUT2D eigenvalue weighted by atomic mass is 10.1. The van der Waals surface area contributed by atoms with E-state index in [4.69, 9.17) is 5.26 Å². The van der Waals surface area contributed by atoms with Crippen molar-refractivity contribution in [3.05, 3.63) is 22.4 Å². The number of thiophene rings is 1. The Balaban J connectivity index is 1.80. The molecule has 0 saturated heterocycles. The van der Waals surface area contributed by atoms with Gasteiger partial charge in [0.15, 0.2) is 0 Å². The summed E-state index contributed by atoms with van der Waals surface area (Å²) in [7, 11) is 0. The van der Waals surface area contributed by atoms with Crippen LogP contribution in [-0.2, 0) is 11.2 Å². The lowest BCUT2D eigenvalue weighted by Crippen LogP contribution is -2.39. The Morgan fingerprint density at radius 3 is 2.89 bits per heavy atom. The fourth-order valence-corrected chi connectivity index (χ4v) is 3.48. The number of aryl methyl sites for hydroxylation is 1. The maximum Gasteiger partial charge on any atom is 0.223 e. The highest BCUT2D eigenvalue weighted by Gasteiger charge is 2.25. The predicted molar refractivity (Wildman–Crippen MR) is 76.8 cm³/mol. The SMILES string of the molecule is N#CCN(C(=O)CCCc1cccs1)C1CCCC1. The zero-order valence-corrected chi connectivity index (χ0v) is 12.0. The van der Waals surface area contributed by atoms with Gasteiger partial charge in [0.1, 0.15) is 6.54 Å². The smallest absolute Gasteiger partial charge is 0.223 e. The molecule has 2 rings (SSSR count). The lowest BCUT2D eigenvalue weighted by molar-refractivity contribution is -0.132. The molecule has 1 amide bonds. The maximum atomic E-state index is 12.2. The first kappa shape index (κ1) is 14.1. The predicted octanol–water partition coefficient (Wildman–Crippen LogP) is 3.37. The summed E-state index contributed by atoms with van der Waals surface area (Å²) in [6.45, 7) is 0.252. The second kappa shape index (κ2) is 7.30. The lowest BCUT2D eigenvalue weighted by Gasteiger charge is -2.26. The molecule has 0 spiro atoms. The summed E-state index contributed by atoms with van der Waals surface area (Å²) in [6.07, 6.45) is 6.93. The first-order chi connectivity index (χ1) is 9.31. The third-order valence-electron chi connectivity index (χ3n) is 3.72. The molecule has 102 valence electrons. The zero-order chi connectivity index (χ0) is 13.5. The molecule has 1 aromatic heterocycles. The van der Waals surface area contributed by atoms with E-state index >= 15 is 0 Å². The minimum Gasteiger partial charge on any atom is -0.326 e. The van der Waals surface area contributed by atoms with Crippen molar-refractivity contribution in [2.45, 2.75) is 51.0 Å². The van der Waals surface area contributed by atoms with E-state index in [0.29, 0.717) is 12.5 Å². The molecule has 0 bridgehead atoms. The van der Waals surface area contributed by atoms with Gasteiger partial charge in [-0.2, -0.15) is 5.26 Å². The van der Waals surface area contributed by atoms with E-state index in [1.165, 1.54) is 17.7 Å². The maximum absolute atomic E-state index is 12.2. The average molecular weight is 276 g/mol. The summed E-state index contributed by atoms with van der Waals surface area (Å²) >= 11 is 1.74. The molecule has 0 radical (unpaired) electrons. The summed E-state index contributed by atoms with van der Waals surface area (Å²) < 4.78 is 0. The van der Waals surface area contributed by atoms with E-state index in [-0.39, 0.29) is 12.5 Å². The minimum absolute atomic E-state index is 0.157. The van der Waals surface area contributed by atoms with Crippen LogP contribution in [0.4, 0.5) is 0 Å². The van der Waals surface area contributed by atoms with Crippen LogP contribution in [0, 0.1) is 11.3 Å². The van der Waals surface area contributed by atoms with Gasteiger partial charge in [-0.25, -0.2) is 0 Å². The molecule has 0 aromatic carbocycles. The van der Waals surface area contributed by atoms with E-state index in [9.17, 15) is 4.79 Å². The highest BCUT2D eigenvalue weighted by molar-refractivity contribution is 7.09. The van der Waals surface area contributed by atoms with E-state index in [1.54, 1.807) is 16.2 Å². The van der Waals surface area contributed by atoms with Crippen molar-refractivity contribution in [1.82, 2.24) is 4.90 Å². The Morgan fingerprint density at radius 2 is 2.26 bits per heavy atom. The number of amides is 1. The van der Waals surface area contributed by atoms with Crippen LogP contribution in [0.15, 0.2) is 17.5 Å². The zero-order valence-electron chi connectivity index (χ0n) is 11.2. The molecular weight excluding hydrogens is 256 g/mol. The van der Waals surface area contributed by atoms with Gasteiger partial charge in [-0.05, 0) is 37.1 Å². The number of carbonyl (C=O) groups excluding carboxylic acids is 1. The second-order valence-corrected chi connectivity index (χ2v) is 6.08. The van der Waals surface area contributed by atoms with Crippen LogP contribution >= 0.6 is 11.3 Å². The number of nitrogens with zero attached hydrogens (tertiary/aromatic N) is 2. The average Bonchev–Trinajstić information content (AvgIpc) is 3.08. The molecule has 19 heavy (non-hydrogen) atoms. The van der Waals surface area contributed by atoms with Gasteiger partial charge in [0.25, 0.3) is 0 Å². The Kier molecular flexibility index (Phi) is 5.41.